The van der Waals surface area contributed by atoms with Crippen molar-refractivity contribution in [3.63, 3.8) is 0 Å². The summed E-state index contributed by atoms with van der Waals surface area (Å²) >= 11 is 0. The number of hydrogen-bond acceptors (Lipinski definition) is 8. The molecule has 9 nitrogen and oxygen atoms in total. The number of aliphatic hydroxyl groups is 3. The van der Waals surface area contributed by atoms with E-state index in [0.29, 0.717) is 0 Å². The van der Waals surface area contributed by atoms with E-state index in [4.69, 9.17) is 14.2 Å². The normalized spacial score (nSPS) is 30.7. The zero-order chi connectivity index (χ0) is 18.5. The van der Waals surface area contributed by atoms with Gasteiger partial charge in [0.05, 0.1) is 19.6 Å². The van der Waals surface area contributed by atoms with E-state index in [1.54, 1.807) is 20.8 Å². The highest BCUT2D eigenvalue weighted by atomic mass is 16.6. The highest BCUT2D eigenvalue weighted by Crippen LogP contribution is 2.23. The van der Waals surface area contributed by atoms with Gasteiger partial charge in [-0.15, -0.1) is 0 Å². The van der Waals surface area contributed by atoms with Crippen LogP contribution in [-0.2, 0) is 23.8 Å². The SMILES string of the molecule is CC(=O)N[C@H]1[C@@H](OCCC(=O)OC(C)(C)C)[C@H](O)[C@H](CO)O[C@H]1O. The number of nitrogens with one attached hydrogen (secondary N) is 1. The van der Waals surface area contributed by atoms with Crippen LogP contribution in [0, 0.1) is 0 Å². The first-order chi connectivity index (χ1) is 11.0. The average molecular weight is 349 g/mol. The largest absolute Gasteiger partial charge is 0.460 e. The highest BCUT2D eigenvalue weighted by Gasteiger charge is 2.45. The smallest absolute Gasteiger partial charge is 0.308 e. The third-order valence-electron chi connectivity index (χ3n) is 3.28. The molecule has 0 radical (unpaired) electrons. The van der Waals surface area contributed by atoms with E-state index in [0.717, 1.165) is 0 Å². The summed E-state index contributed by atoms with van der Waals surface area (Å²) in [7, 11) is 0. The Bertz CT molecular complexity index is 436. The van der Waals surface area contributed by atoms with E-state index in [1.165, 1.54) is 6.92 Å². The molecule has 1 aliphatic heterocycles. The second-order valence-electron chi connectivity index (χ2n) is 6.64. The first-order valence-electron chi connectivity index (χ1n) is 7.78. The first kappa shape index (κ1) is 20.8. The molecule has 1 heterocycles. The van der Waals surface area contributed by atoms with Gasteiger partial charge in [-0.05, 0) is 20.8 Å². The molecule has 4 N–H and O–H groups in total. The van der Waals surface area contributed by atoms with E-state index in [-0.39, 0.29) is 13.0 Å². The van der Waals surface area contributed by atoms with Crippen molar-refractivity contribution >= 4 is 11.9 Å². The van der Waals surface area contributed by atoms with Crippen LogP contribution >= 0.6 is 0 Å². The second kappa shape index (κ2) is 8.72. The molecule has 24 heavy (non-hydrogen) atoms. The Morgan fingerprint density at radius 3 is 2.38 bits per heavy atom. The van der Waals surface area contributed by atoms with Crippen LogP contribution in [0.2, 0.25) is 0 Å². The summed E-state index contributed by atoms with van der Waals surface area (Å²) < 4.78 is 15.7. The molecule has 9 heteroatoms. The van der Waals surface area contributed by atoms with Crippen molar-refractivity contribution in [1.29, 1.82) is 0 Å². The molecule has 1 saturated heterocycles. The van der Waals surface area contributed by atoms with Gasteiger partial charge in [0.1, 0.15) is 30.0 Å². The van der Waals surface area contributed by atoms with E-state index in [9.17, 15) is 24.9 Å². The van der Waals surface area contributed by atoms with Crippen LogP contribution < -0.4 is 5.32 Å². The van der Waals surface area contributed by atoms with Crippen LogP contribution in [0.25, 0.3) is 0 Å². The van der Waals surface area contributed by atoms with Gasteiger partial charge < -0.3 is 34.8 Å². The molecule has 0 aromatic carbocycles. The fourth-order valence-electron chi connectivity index (χ4n) is 2.34. The van der Waals surface area contributed by atoms with Crippen LogP contribution in [0.3, 0.4) is 0 Å². The van der Waals surface area contributed by atoms with Gasteiger partial charge in [0.25, 0.3) is 0 Å². The van der Waals surface area contributed by atoms with Crippen molar-refractivity contribution in [2.24, 2.45) is 0 Å². The topological polar surface area (TPSA) is 135 Å². The zero-order valence-electron chi connectivity index (χ0n) is 14.4. The molecule has 0 unspecified atom stereocenters. The molecule has 1 aliphatic rings. The van der Waals surface area contributed by atoms with Crippen molar-refractivity contribution < 1.29 is 39.1 Å². The molecular formula is C15H27NO8. The van der Waals surface area contributed by atoms with Crippen LogP contribution in [0.15, 0.2) is 0 Å². The first-order valence-corrected chi connectivity index (χ1v) is 7.78. The maximum Gasteiger partial charge on any atom is 0.308 e. The number of hydrogen-bond donors (Lipinski definition) is 4. The van der Waals surface area contributed by atoms with E-state index < -0.39 is 54.7 Å². The fourth-order valence-corrected chi connectivity index (χ4v) is 2.34. The third-order valence-corrected chi connectivity index (χ3v) is 3.28. The number of carbonyl (C=O) groups is 2. The maximum atomic E-state index is 11.7. The summed E-state index contributed by atoms with van der Waals surface area (Å²) in [6.07, 6.45) is -4.91. The highest BCUT2D eigenvalue weighted by molar-refractivity contribution is 5.73. The Hall–Kier alpha value is -1.26. The molecule has 0 bridgehead atoms. The molecule has 0 spiro atoms. The van der Waals surface area contributed by atoms with Crippen LogP contribution in [0.1, 0.15) is 34.1 Å². The average Bonchev–Trinajstić information content (AvgIpc) is 2.43. The molecule has 1 amide bonds. The Labute approximate surface area is 140 Å². The number of ether oxygens (including phenoxy) is 3. The zero-order valence-corrected chi connectivity index (χ0v) is 14.4. The lowest BCUT2D eigenvalue weighted by Crippen LogP contribution is -2.64. The Balaban J connectivity index is 2.67. The van der Waals surface area contributed by atoms with Gasteiger partial charge >= 0.3 is 5.97 Å². The lowest BCUT2D eigenvalue weighted by molar-refractivity contribution is -0.262. The summed E-state index contributed by atoms with van der Waals surface area (Å²) in [6.45, 7) is 5.85. The minimum absolute atomic E-state index is 0.0615. The lowest BCUT2D eigenvalue weighted by Gasteiger charge is -2.42. The lowest BCUT2D eigenvalue weighted by atomic mass is 9.96. The third kappa shape index (κ3) is 6.33. The Kier molecular flexibility index (Phi) is 7.56. The molecule has 5 atom stereocenters. The van der Waals surface area contributed by atoms with E-state index >= 15 is 0 Å². The predicted octanol–water partition coefficient (Wildman–Crippen LogP) is -1.32. The van der Waals surface area contributed by atoms with Gasteiger partial charge in [0, 0.05) is 6.92 Å². The summed E-state index contributed by atoms with van der Waals surface area (Å²) in [5.74, 6) is -0.919. The molecular weight excluding hydrogens is 322 g/mol. The molecule has 0 aromatic heterocycles. The van der Waals surface area contributed by atoms with Crippen molar-refractivity contribution in [1.82, 2.24) is 5.32 Å². The summed E-state index contributed by atoms with van der Waals surface area (Å²) in [5.41, 5.74) is -0.619. The number of carbonyl (C=O) groups excluding carboxylic acids is 2. The molecule has 1 fully saturated rings. The number of rotatable bonds is 6. The van der Waals surface area contributed by atoms with Crippen LogP contribution in [0.5, 0.6) is 0 Å². The summed E-state index contributed by atoms with van der Waals surface area (Å²) in [5, 5.41) is 31.8. The Morgan fingerprint density at radius 2 is 1.88 bits per heavy atom. The fraction of sp³-hybridized carbons (Fsp3) is 0.867. The monoisotopic (exact) mass is 349 g/mol. The van der Waals surface area contributed by atoms with E-state index in [2.05, 4.69) is 5.32 Å². The predicted molar refractivity (Wildman–Crippen MR) is 81.8 cm³/mol. The molecule has 1 rings (SSSR count). The van der Waals surface area contributed by atoms with Crippen molar-refractivity contribution in [2.45, 2.75) is 70.4 Å². The van der Waals surface area contributed by atoms with Crippen molar-refractivity contribution in [2.75, 3.05) is 13.2 Å². The van der Waals surface area contributed by atoms with Gasteiger partial charge in [-0.3, -0.25) is 9.59 Å². The summed E-state index contributed by atoms with van der Waals surface area (Å²) in [4.78, 5) is 22.9. The van der Waals surface area contributed by atoms with Crippen molar-refractivity contribution in [3.05, 3.63) is 0 Å². The standard InChI is InChI=1S/C15H27NO8/c1-8(18)16-11-13(12(20)9(7-17)23-14(11)21)22-6-5-10(19)24-15(2,3)4/h9,11-14,17,20-21H,5-7H2,1-4H3,(H,16,18)/t9-,11-,12+,13+,14+/m0/s1. The van der Waals surface area contributed by atoms with Gasteiger partial charge in [-0.1, -0.05) is 0 Å². The van der Waals surface area contributed by atoms with Crippen molar-refractivity contribution in [3.8, 4) is 0 Å². The minimum atomic E-state index is -1.46. The maximum absolute atomic E-state index is 11.7. The van der Waals surface area contributed by atoms with Gasteiger partial charge in [0.2, 0.25) is 5.91 Å². The summed E-state index contributed by atoms with van der Waals surface area (Å²) in [6, 6.07) is -1.03. The van der Waals surface area contributed by atoms with Gasteiger partial charge in [-0.2, -0.15) is 0 Å². The van der Waals surface area contributed by atoms with Crippen LogP contribution in [0.4, 0.5) is 0 Å². The van der Waals surface area contributed by atoms with Gasteiger partial charge in [0.15, 0.2) is 6.29 Å². The molecule has 0 saturated carbocycles. The van der Waals surface area contributed by atoms with Crippen LogP contribution in [-0.4, -0.2) is 76.7 Å². The van der Waals surface area contributed by atoms with Gasteiger partial charge in [-0.25, -0.2) is 0 Å². The minimum Gasteiger partial charge on any atom is -0.460 e. The quantitative estimate of drug-likeness (QED) is 0.434. The number of amides is 1. The molecule has 140 valence electrons. The number of aliphatic hydroxyl groups excluding tert-OH is 3. The number of esters is 1. The molecule has 0 aliphatic carbocycles. The molecule has 0 aromatic rings. The Morgan fingerprint density at radius 1 is 1.25 bits per heavy atom. The van der Waals surface area contributed by atoms with E-state index in [1.807, 2.05) is 0 Å². The second-order valence-corrected chi connectivity index (χ2v) is 6.64.